The molecule has 27 heavy (non-hydrogen) atoms. The van der Waals surface area contributed by atoms with Crippen LogP contribution < -0.4 is 10.6 Å². The van der Waals surface area contributed by atoms with Crippen LogP contribution in [0.5, 0.6) is 0 Å². The Balaban J connectivity index is 2.69. The predicted molar refractivity (Wildman–Crippen MR) is 94.3 cm³/mol. The molecule has 1 heterocycles. The van der Waals surface area contributed by atoms with Gasteiger partial charge in [0.05, 0.1) is 12.7 Å². The lowest BCUT2D eigenvalue weighted by molar-refractivity contribution is -0.142. The number of amides is 2. The van der Waals surface area contributed by atoms with Crippen molar-refractivity contribution in [1.29, 1.82) is 0 Å². The fourth-order valence-corrected chi connectivity index (χ4v) is 2.10. The number of carbonyl (C=O) groups excluding carboxylic acids is 2. The first-order valence-electron chi connectivity index (χ1n) is 8.28. The summed E-state index contributed by atoms with van der Waals surface area (Å²) < 4.78 is 0. The van der Waals surface area contributed by atoms with E-state index in [1.54, 1.807) is 6.92 Å². The van der Waals surface area contributed by atoms with Crippen LogP contribution in [0.1, 0.15) is 32.4 Å². The summed E-state index contributed by atoms with van der Waals surface area (Å²) in [5.74, 6) is -3.90. The SMILES string of the molecule is CCC=NC(CC(=O)O)C(=O)NC(C)C(=O)NC(Cc1cnc[nH]1)C(=O)O. The van der Waals surface area contributed by atoms with Crippen LogP contribution in [0.25, 0.3) is 0 Å². The van der Waals surface area contributed by atoms with E-state index in [2.05, 4.69) is 25.6 Å². The number of aliphatic carboxylic acids is 2. The molecule has 148 valence electrons. The Hall–Kier alpha value is -3.24. The smallest absolute Gasteiger partial charge is 0.326 e. The number of nitrogens with zero attached hydrogens (tertiary/aromatic N) is 2. The van der Waals surface area contributed by atoms with Crippen molar-refractivity contribution < 1.29 is 29.4 Å². The second kappa shape index (κ2) is 10.7. The van der Waals surface area contributed by atoms with Crippen LogP contribution >= 0.6 is 0 Å². The van der Waals surface area contributed by atoms with E-state index < -0.39 is 48.3 Å². The van der Waals surface area contributed by atoms with Gasteiger partial charge in [-0.1, -0.05) is 6.92 Å². The Kier molecular flexibility index (Phi) is 8.63. The van der Waals surface area contributed by atoms with Crippen molar-refractivity contribution in [3.8, 4) is 0 Å². The lowest BCUT2D eigenvalue weighted by atomic mass is 10.1. The van der Waals surface area contributed by atoms with Crippen molar-refractivity contribution in [1.82, 2.24) is 20.6 Å². The maximum Gasteiger partial charge on any atom is 0.326 e. The maximum atomic E-state index is 12.2. The predicted octanol–water partition coefficient (Wildman–Crippen LogP) is -0.650. The molecule has 11 heteroatoms. The molecule has 0 aromatic carbocycles. The second-order valence-corrected chi connectivity index (χ2v) is 5.76. The van der Waals surface area contributed by atoms with E-state index in [0.29, 0.717) is 12.1 Å². The van der Waals surface area contributed by atoms with E-state index in [9.17, 15) is 24.3 Å². The van der Waals surface area contributed by atoms with Crippen LogP contribution in [0.15, 0.2) is 17.5 Å². The molecular weight excluding hydrogens is 358 g/mol. The number of carboxylic acid groups (broad SMARTS) is 2. The van der Waals surface area contributed by atoms with Gasteiger partial charge in [-0.05, 0) is 19.6 Å². The summed E-state index contributed by atoms with van der Waals surface area (Å²) in [6.45, 7) is 3.14. The zero-order valence-corrected chi connectivity index (χ0v) is 15.0. The Morgan fingerprint density at radius 2 is 1.96 bits per heavy atom. The van der Waals surface area contributed by atoms with E-state index in [4.69, 9.17) is 5.11 Å². The molecule has 0 saturated heterocycles. The summed E-state index contributed by atoms with van der Waals surface area (Å²) in [5.41, 5.74) is 0.523. The van der Waals surface area contributed by atoms with E-state index in [0.717, 1.165) is 0 Å². The summed E-state index contributed by atoms with van der Waals surface area (Å²) in [5, 5.41) is 22.8. The second-order valence-electron chi connectivity index (χ2n) is 5.76. The fraction of sp³-hybridized carbons (Fsp3) is 0.500. The van der Waals surface area contributed by atoms with Gasteiger partial charge >= 0.3 is 11.9 Å². The molecule has 0 saturated carbocycles. The number of carboxylic acids is 2. The highest BCUT2D eigenvalue weighted by molar-refractivity contribution is 5.93. The van der Waals surface area contributed by atoms with Gasteiger partial charge in [0.1, 0.15) is 18.1 Å². The van der Waals surface area contributed by atoms with Gasteiger partial charge in [0, 0.05) is 18.3 Å². The third-order valence-electron chi connectivity index (χ3n) is 3.48. The molecular formula is C16H23N5O6. The molecule has 0 aliphatic heterocycles. The molecule has 1 aromatic rings. The monoisotopic (exact) mass is 381 g/mol. The number of H-pyrrole nitrogens is 1. The van der Waals surface area contributed by atoms with Crippen LogP contribution in [-0.2, 0) is 25.6 Å². The van der Waals surface area contributed by atoms with Crippen molar-refractivity contribution in [3.63, 3.8) is 0 Å². The molecule has 2 amide bonds. The summed E-state index contributed by atoms with van der Waals surface area (Å²) in [4.78, 5) is 57.0. The summed E-state index contributed by atoms with van der Waals surface area (Å²) in [7, 11) is 0. The van der Waals surface area contributed by atoms with Crippen molar-refractivity contribution in [2.24, 2.45) is 4.99 Å². The molecule has 5 N–H and O–H groups in total. The number of hydrogen-bond acceptors (Lipinski definition) is 6. The Morgan fingerprint density at radius 3 is 2.48 bits per heavy atom. The zero-order valence-electron chi connectivity index (χ0n) is 15.0. The minimum Gasteiger partial charge on any atom is -0.481 e. The Labute approximate surface area is 155 Å². The van der Waals surface area contributed by atoms with Crippen LogP contribution in [0, 0.1) is 0 Å². The minimum absolute atomic E-state index is 0.00975. The molecule has 1 rings (SSSR count). The van der Waals surface area contributed by atoms with Gasteiger partial charge < -0.3 is 25.8 Å². The molecule has 0 radical (unpaired) electrons. The first kappa shape index (κ1) is 21.8. The average Bonchev–Trinajstić information content (AvgIpc) is 3.10. The van der Waals surface area contributed by atoms with Crippen LogP contribution in [0.4, 0.5) is 0 Å². The number of hydrogen-bond donors (Lipinski definition) is 5. The number of carbonyl (C=O) groups is 4. The minimum atomic E-state index is -1.24. The van der Waals surface area contributed by atoms with Crippen molar-refractivity contribution in [2.75, 3.05) is 0 Å². The van der Waals surface area contributed by atoms with Crippen molar-refractivity contribution in [3.05, 3.63) is 18.2 Å². The Morgan fingerprint density at radius 1 is 1.26 bits per heavy atom. The molecule has 3 unspecified atom stereocenters. The lowest BCUT2D eigenvalue weighted by Gasteiger charge is -2.19. The number of imidazole rings is 1. The number of nitrogens with one attached hydrogen (secondary N) is 3. The van der Waals surface area contributed by atoms with Gasteiger partial charge in [0.25, 0.3) is 0 Å². The Bertz CT molecular complexity index is 687. The van der Waals surface area contributed by atoms with Crippen molar-refractivity contribution >= 4 is 30.0 Å². The quantitative estimate of drug-likeness (QED) is 0.317. The highest BCUT2D eigenvalue weighted by Gasteiger charge is 2.27. The zero-order chi connectivity index (χ0) is 20.4. The molecule has 0 fully saturated rings. The lowest BCUT2D eigenvalue weighted by Crippen LogP contribution is -2.52. The third kappa shape index (κ3) is 7.67. The first-order chi connectivity index (χ1) is 12.7. The number of aromatic nitrogens is 2. The molecule has 0 aliphatic carbocycles. The molecule has 0 aliphatic rings. The van der Waals surface area contributed by atoms with Gasteiger partial charge in [-0.25, -0.2) is 9.78 Å². The fourth-order valence-electron chi connectivity index (χ4n) is 2.10. The summed E-state index contributed by atoms with van der Waals surface area (Å²) in [6, 6.07) is -3.46. The molecule has 1 aromatic heterocycles. The molecule has 11 nitrogen and oxygen atoms in total. The highest BCUT2D eigenvalue weighted by atomic mass is 16.4. The first-order valence-corrected chi connectivity index (χ1v) is 8.28. The van der Waals surface area contributed by atoms with Crippen LogP contribution in [-0.4, -0.2) is 68.3 Å². The molecule has 0 spiro atoms. The third-order valence-corrected chi connectivity index (χ3v) is 3.48. The molecule has 3 atom stereocenters. The maximum absolute atomic E-state index is 12.2. The van der Waals surface area contributed by atoms with E-state index in [-0.39, 0.29) is 6.42 Å². The van der Waals surface area contributed by atoms with Crippen molar-refractivity contribution in [2.45, 2.75) is 51.2 Å². The van der Waals surface area contributed by atoms with Gasteiger partial charge in [-0.3, -0.25) is 19.4 Å². The van der Waals surface area contributed by atoms with Gasteiger partial charge in [0.2, 0.25) is 11.8 Å². The largest absolute Gasteiger partial charge is 0.481 e. The number of aromatic amines is 1. The summed E-state index contributed by atoms with van der Waals surface area (Å²) >= 11 is 0. The summed E-state index contributed by atoms with van der Waals surface area (Å²) in [6.07, 6.45) is 4.24. The highest BCUT2D eigenvalue weighted by Crippen LogP contribution is 2.02. The van der Waals surface area contributed by atoms with E-state index in [1.807, 2.05) is 0 Å². The topological polar surface area (TPSA) is 174 Å². The van der Waals surface area contributed by atoms with E-state index >= 15 is 0 Å². The van der Waals surface area contributed by atoms with Gasteiger partial charge in [-0.15, -0.1) is 0 Å². The standard InChI is InChI=1S/C16H23N5O6/c1-3-4-18-11(6-13(22)23)15(25)20-9(2)14(24)21-12(16(26)27)5-10-7-17-8-19-10/h4,7-9,11-12H,3,5-6H2,1-2H3,(H,17,19)(H,20,25)(H,21,24)(H,22,23)(H,26,27). The van der Waals surface area contributed by atoms with Gasteiger partial charge in [0.15, 0.2) is 0 Å². The average molecular weight is 381 g/mol. The van der Waals surface area contributed by atoms with Crippen LogP contribution in [0.3, 0.4) is 0 Å². The normalized spacial score (nSPS) is 14.3. The molecule has 0 bridgehead atoms. The van der Waals surface area contributed by atoms with Gasteiger partial charge in [-0.2, -0.15) is 0 Å². The number of rotatable bonds is 11. The van der Waals surface area contributed by atoms with E-state index in [1.165, 1.54) is 25.7 Å². The number of aliphatic imine (C=N–C) groups is 1. The van der Waals surface area contributed by atoms with Crippen LogP contribution in [0.2, 0.25) is 0 Å².